The van der Waals surface area contributed by atoms with Crippen molar-refractivity contribution >= 4 is 31.9 Å². The first kappa shape index (κ1) is 22.2. The van der Waals surface area contributed by atoms with E-state index in [1.807, 2.05) is 0 Å². The predicted molar refractivity (Wildman–Crippen MR) is 87.8 cm³/mol. The second kappa shape index (κ2) is 12.6. The zero-order chi connectivity index (χ0) is 14.2. The summed E-state index contributed by atoms with van der Waals surface area (Å²) in [5.74, 6) is 0. The van der Waals surface area contributed by atoms with Gasteiger partial charge in [0.05, 0.1) is 0 Å². The van der Waals surface area contributed by atoms with Crippen LogP contribution in [0.5, 0.6) is 0 Å². The van der Waals surface area contributed by atoms with Crippen LogP contribution in [-0.4, -0.2) is 0 Å². The van der Waals surface area contributed by atoms with Crippen molar-refractivity contribution in [1.29, 1.82) is 0 Å². The van der Waals surface area contributed by atoms with Gasteiger partial charge < -0.3 is 34.0 Å². The molecule has 22 heavy (non-hydrogen) atoms. The van der Waals surface area contributed by atoms with Gasteiger partial charge in [0, 0.05) is 46.8 Å². The molecule has 122 valence electrons. The molecule has 0 radical (unpaired) electrons. The first-order chi connectivity index (χ1) is 9.81. The van der Waals surface area contributed by atoms with Crippen LogP contribution in [0.4, 0.5) is 0 Å². The number of unbranched alkanes of at least 4 members (excludes halogenated alkanes) is 1. The molecule has 2 aromatic rings. The molecule has 0 fully saturated rings. The van der Waals surface area contributed by atoms with Crippen molar-refractivity contribution in [2.24, 2.45) is 0 Å². The molecule has 0 saturated carbocycles. The maximum atomic E-state index is 3.50. The number of aryl methyl sites for hydroxylation is 2. The highest BCUT2D eigenvalue weighted by Crippen LogP contribution is 2.02. The number of nitrogens with zero attached hydrogens (tertiary/aromatic N) is 2. The molecular weight excluding hydrogens is 540 g/mol. The molecule has 2 heterocycles. The van der Waals surface area contributed by atoms with Crippen molar-refractivity contribution in [3.05, 3.63) is 60.2 Å². The first-order valence-electron chi connectivity index (χ1n) is 6.89. The van der Waals surface area contributed by atoms with Crippen LogP contribution in [-0.2, 0) is 23.7 Å². The quantitative estimate of drug-likeness (QED) is 0.202. The van der Waals surface area contributed by atoms with Gasteiger partial charge in [0.2, 0.25) is 0 Å². The van der Waals surface area contributed by atoms with Crippen LogP contribution in [0.2, 0.25) is 0 Å². The minimum Gasteiger partial charge on any atom is -1.00 e. The highest BCUT2D eigenvalue weighted by Gasteiger charge is 2.05. The van der Waals surface area contributed by atoms with E-state index in [1.54, 1.807) is 0 Å². The van der Waals surface area contributed by atoms with E-state index >= 15 is 0 Å². The Morgan fingerprint density at radius 2 is 1.14 bits per heavy atom. The molecular formula is C16H20Br4N2. The molecule has 6 heteroatoms. The van der Waals surface area contributed by atoms with E-state index in [2.05, 4.69) is 90.0 Å². The lowest BCUT2D eigenvalue weighted by Gasteiger charge is -2.00. The second-order valence-corrected chi connectivity index (χ2v) is 6.00. The van der Waals surface area contributed by atoms with Crippen LogP contribution in [0, 0.1) is 0 Å². The van der Waals surface area contributed by atoms with Gasteiger partial charge in [0.15, 0.2) is 24.8 Å². The van der Waals surface area contributed by atoms with E-state index < -0.39 is 0 Å². The minimum absolute atomic E-state index is 0. The van der Waals surface area contributed by atoms with E-state index in [-0.39, 0.29) is 34.0 Å². The van der Waals surface area contributed by atoms with Gasteiger partial charge in [-0.1, -0.05) is 31.9 Å². The van der Waals surface area contributed by atoms with Crippen molar-refractivity contribution in [3.8, 4) is 0 Å². The molecule has 0 bridgehead atoms. The maximum Gasteiger partial charge on any atom is 0.172 e. The van der Waals surface area contributed by atoms with Gasteiger partial charge in [-0.05, 0) is 12.1 Å². The molecule has 2 nitrogen and oxygen atoms in total. The van der Waals surface area contributed by atoms with Gasteiger partial charge >= 0.3 is 0 Å². The van der Waals surface area contributed by atoms with Gasteiger partial charge in [0.25, 0.3) is 0 Å². The fraction of sp³-hybridized carbons (Fsp3) is 0.375. The first-order valence-corrected chi connectivity index (χ1v) is 9.14. The summed E-state index contributed by atoms with van der Waals surface area (Å²) in [6, 6.07) is 8.52. The van der Waals surface area contributed by atoms with Crippen LogP contribution in [0.1, 0.15) is 24.0 Å². The number of pyridine rings is 2. The Hall–Kier alpha value is 0.220. The standard InChI is InChI=1S/C16H20Br2N2.2BrH/c17-11-15-5-3-9-19(13-15)7-1-2-8-20-10-4-6-16(12-18)14-20;;/h3-6,9-10,13-14H,1-2,7-8,11-12H2;2*1H/q+2;;/p-2. The number of halogens is 4. The van der Waals surface area contributed by atoms with E-state index in [9.17, 15) is 0 Å². The maximum absolute atomic E-state index is 3.50. The van der Waals surface area contributed by atoms with E-state index in [0.29, 0.717) is 0 Å². The van der Waals surface area contributed by atoms with Gasteiger partial charge in [-0.3, -0.25) is 0 Å². The molecule has 0 atom stereocenters. The van der Waals surface area contributed by atoms with Crippen LogP contribution >= 0.6 is 31.9 Å². The molecule has 0 amide bonds. The monoisotopic (exact) mass is 556 g/mol. The van der Waals surface area contributed by atoms with Gasteiger partial charge in [0.1, 0.15) is 13.1 Å². The topological polar surface area (TPSA) is 7.76 Å². The summed E-state index contributed by atoms with van der Waals surface area (Å²) in [6.07, 6.45) is 11.1. The Morgan fingerprint density at radius 1 is 0.727 bits per heavy atom. The Kier molecular flexibility index (Phi) is 12.7. The average Bonchev–Trinajstić information content (AvgIpc) is 2.52. The van der Waals surface area contributed by atoms with Crippen LogP contribution in [0.3, 0.4) is 0 Å². The molecule has 0 aromatic carbocycles. The Labute approximate surface area is 170 Å². The van der Waals surface area contributed by atoms with Crippen molar-refractivity contribution in [3.63, 3.8) is 0 Å². The van der Waals surface area contributed by atoms with Gasteiger partial charge in [-0.15, -0.1) is 0 Å². The lowest BCUT2D eigenvalue weighted by Crippen LogP contribution is -3.00. The fourth-order valence-corrected chi connectivity index (χ4v) is 2.84. The normalized spacial score (nSPS) is 9.73. The summed E-state index contributed by atoms with van der Waals surface area (Å²) in [4.78, 5) is 0. The smallest absolute Gasteiger partial charge is 0.172 e. The zero-order valence-electron chi connectivity index (χ0n) is 12.3. The highest BCUT2D eigenvalue weighted by molar-refractivity contribution is 9.08. The van der Waals surface area contributed by atoms with Gasteiger partial charge in [-0.25, -0.2) is 9.13 Å². The number of alkyl halides is 2. The molecule has 2 aromatic heterocycles. The second-order valence-electron chi connectivity index (χ2n) is 4.87. The molecule has 0 aliphatic heterocycles. The third kappa shape index (κ3) is 7.66. The number of aromatic nitrogens is 2. The van der Waals surface area contributed by atoms with Crippen molar-refractivity contribution in [1.82, 2.24) is 0 Å². The summed E-state index contributed by atoms with van der Waals surface area (Å²) >= 11 is 6.99. The zero-order valence-corrected chi connectivity index (χ0v) is 18.6. The molecule has 0 spiro atoms. The van der Waals surface area contributed by atoms with Crippen molar-refractivity contribution in [2.75, 3.05) is 0 Å². The number of rotatable bonds is 7. The number of hydrogen-bond acceptors (Lipinski definition) is 0. The molecule has 0 aliphatic rings. The molecule has 0 unspecified atom stereocenters. The fourth-order valence-electron chi connectivity index (χ4n) is 2.18. The largest absolute Gasteiger partial charge is 1.00 e. The van der Waals surface area contributed by atoms with Crippen LogP contribution in [0.25, 0.3) is 0 Å². The van der Waals surface area contributed by atoms with Crippen molar-refractivity contribution < 1.29 is 43.1 Å². The Balaban J connectivity index is 0.00000220. The summed E-state index contributed by atoms with van der Waals surface area (Å²) in [7, 11) is 0. The SMILES string of the molecule is BrCc1ccc[n+](CCCC[n+]2cccc(CBr)c2)c1.[Br-].[Br-]. The van der Waals surface area contributed by atoms with E-state index in [1.165, 1.54) is 24.0 Å². The minimum atomic E-state index is 0. The van der Waals surface area contributed by atoms with Crippen molar-refractivity contribution in [2.45, 2.75) is 36.6 Å². The summed E-state index contributed by atoms with van der Waals surface area (Å²) in [5, 5.41) is 1.84. The molecule has 2 rings (SSSR count). The molecule has 0 N–H and O–H groups in total. The van der Waals surface area contributed by atoms with Crippen LogP contribution < -0.4 is 43.1 Å². The third-order valence-corrected chi connectivity index (χ3v) is 4.53. The average molecular weight is 560 g/mol. The Morgan fingerprint density at radius 3 is 1.50 bits per heavy atom. The lowest BCUT2D eigenvalue weighted by atomic mass is 10.2. The molecule has 0 aliphatic carbocycles. The summed E-state index contributed by atoms with van der Waals surface area (Å²) in [6.45, 7) is 2.17. The van der Waals surface area contributed by atoms with Gasteiger partial charge in [-0.2, -0.15) is 0 Å². The lowest BCUT2D eigenvalue weighted by molar-refractivity contribution is -0.708. The highest BCUT2D eigenvalue weighted by atomic mass is 79.9. The summed E-state index contributed by atoms with van der Waals surface area (Å²) < 4.78 is 4.55. The Bertz CT molecular complexity index is 500. The van der Waals surface area contributed by atoms with Crippen LogP contribution in [0.15, 0.2) is 49.1 Å². The predicted octanol–water partition coefficient (Wildman–Crippen LogP) is -2.46. The van der Waals surface area contributed by atoms with E-state index in [0.717, 1.165) is 23.7 Å². The van der Waals surface area contributed by atoms with E-state index in [4.69, 9.17) is 0 Å². The summed E-state index contributed by atoms with van der Waals surface area (Å²) in [5.41, 5.74) is 2.65. The third-order valence-electron chi connectivity index (χ3n) is 3.23. The number of hydrogen-bond donors (Lipinski definition) is 0. The molecule has 0 saturated heterocycles.